The molecule has 0 aliphatic heterocycles. The topological polar surface area (TPSA) is 69.9 Å². The molecular formula is C24H28ClFN4O. The average Bonchev–Trinajstić information content (AvgIpc) is 2.70. The van der Waals surface area contributed by atoms with Crippen LogP contribution in [-0.2, 0) is 6.54 Å². The molecule has 1 heterocycles. The predicted octanol–water partition coefficient (Wildman–Crippen LogP) is 6.04. The van der Waals surface area contributed by atoms with Crippen molar-refractivity contribution in [2.75, 3.05) is 0 Å². The summed E-state index contributed by atoms with van der Waals surface area (Å²) in [5, 5.41) is 13.3. The van der Waals surface area contributed by atoms with E-state index in [0.29, 0.717) is 33.4 Å². The van der Waals surface area contributed by atoms with Crippen LogP contribution in [0.1, 0.15) is 45.2 Å². The van der Waals surface area contributed by atoms with E-state index in [0.717, 1.165) is 12.0 Å². The molecule has 0 aliphatic carbocycles. The lowest BCUT2D eigenvalue weighted by Gasteiger charge is -2.14. The summed E-state index contributed by atoms with van der Waals surface area (Å²) in [7, 11) is 0. The minimum atomic E-state index is -0.407. The summed E-state index contributed by atoms with van der Waals surface area (Å²) in [6.45, 7) is 12.2. The molecule has 0 spiro atoms. The molecule has 0 amide bonds. The molecule has 0 bridgehead atoms. The molecule has 1 unspecified atom stereocenters. The Morgan fingerprint density at radius 3 is 2.65 bits per heavy atom. The molecule has 0 saturated carbocycles. The first-order valence-corrected chi connectivity index (χ1v) is 10.4. The molecule has 0 saturated heterocycles. The number of pyridine rings is 1. The number of aliphatic imine (C=N–C) groups is 2. The fraction of sp³-hybridized carbons (Fsp3) is 0.292. The van der Waals surface area contributed by atoms with Gasteiger partial charge >= 0.3 is 0 Å². The molecule has 1 aromatic heterocycles. The van der Waals surface area contributed by atoms with Crippen molar-refractivity contribution in [2.24, 2.45) is 15.9 Å². The van der Waals surface area contributed by atoms with Crippen molar-refractivity contribution in [3.63, 3.8) is 0 Å². The zero-order valence-electron chi connectivity index (χ0n) is 18.3. The lowest BCUT2D eigenvalue weighted by atomic mass is 10.1. The lowest BCUT2D eigenvalue weighted by Crippen LogP contribution is -2.16. The predicted molar refractivity (Wildman–Crippen MR) is 126 cm³/mol. The summed E-state index contributed by atoms with van der Waals surface area (Å²) in [6, 6.07) is 5.94. The Balaban J connectivity index is 2.49. The molecule has 2 aromatic rings. The second-order valence-electron chi connectivity index (χ2n) is 7.40. The molecule has 0 radical (unpaired) electrons. The number of halogens is 2. The van der Waals surface area contributed by atoms with Gasteiger partial charge in [-0.05, 0) is 61.6 Å². The van der Waals surface area contributed by atoms with Gasteiger partial charge in [0.2, 0.25) is 0 Å². The molecule has 2 rings (SSSR count). The minimum absolute atomic E-state index is 0.0508. The maximum absolute atomic E-state index is 13.7. The second-order valence-corrected chi connectivity index (χ2v) is 7.84. The molecule has 31 heavy (non-hydrogen) atoms. The lowest BCUT2D eigenvalue weighted by molar-refractivity contribution is 0.472. The van der Waals surface area contributed by atoms with Crippen molar-refractivity contribution >= 4 is 23.5 Å². The fourth-order valence-corrected chi connectivity index (χ4v) is 2.86. The molecular weight excluding hydrogens is 415 g/mol. The maximum atomic E-state index is 13.7. The Morgan fingerprint density at radius 1 is 1.29 bits per heavy atom. The summed E-state index contributed by atoms with van der Waals surface area (Å²) >= 11 is 5.98. The summed E-state index contributed by atoms with van der Waals surface area (Å²) < 4.78 is 13.7. The van der Waals surface area contributed by atoms with Crippen molar-refractivity contribution in [3.8, 4) is 5.75 Å². The van der Waals surface area contributed by atoms with Gasteiger partial charge in [0.05, 0.1) is 6.20 Å². The Labute approximate surface area is 188 Å². The number of hydrogen-bond acceptors (Lipinski definition) is 5. The Bertz CT molecular complexity index is 1010. The first-order chi connectivity index (χ1) is 14.7. The van der Waals surface area contributed by atoms with E-state index in [-0.39, 0.29) is 18.2 Å². The van der Waals surface area contributed by atoms with Crippen LogP contribution in [0.25, 0.3) is 0 Å². The fourth-order valence-electron chi connectivity index (χ4n) is 2.61. The highest BCUT2D eigenvalue weighted by molar-refractivity contribution is 6.30. The van der Waals surface area contributed by atoms with Crippen LogP contribution < -0.4 is 5.32 Å². The summed E-state index contributed by atoms with van der Waals surface area (Å²) in [6.07, 6.45) is 5.79. The van der Waals surface area contributed by atoms with E-state index in [1.165, 1.54) is 18.3 Å². The van der Waals surface area contributed by atoms with Crippen LogP contribution in [0.3, 0.4) is 0 Å². The molecule has 0 aliphatic rings. The van der Waals surface area contributed by atoms with Crippen LogP contribution in [0.15, 0.2) is 70.3 Å². The maximum Gasteiger partial charge on any atom is 0.152 e. The summed E-state index contributed by atoms with van der Waals surface area (Å²) in [5.74, 6) is 0.413. The Kier molecular flexibility index (Phi) is 8.94. The van der Waals surface area contributed by atoms with Crippen LogP contribution in [0, 0.1) is 11.7 Å². The first kappa shape index (κ1) is 24.3. The van der Waals surface area contributed by atoms with Crippen LogP contribution in [0.4, 0.5) is 4.39 Å². The number of rotatable bonds is 9. The molecule has 0 fully saturated rings. The smallest absolute Gasteiger partial charge is 0.152 e. The second kappa shape index (κ2) is 11.4. The van der Waals surface area contributed by atoms with E-state index in [9.17, 15) is 9.50 Å². The van der Waals surface area contributed by atoms with Crippen LogP contribution in [-0.4, -0.2) is 22.0 Å². The zero-order chi connectivity index (χ0) is 23.0. The van der Waals surface area contributed by atoms with Gasteiger partial charge in [-0.1, -0.05) is 32.0 Å². The number of aromatic nitrogens is 1. The van der Waals surface area contributed by atoms with E-state index >= 15 is 0 Å². The van der Waals surface area contributed by atoms with Crippen molar-refractivity contribution in [1.29, 1.82) is 0 Å². The van der Waals surface area contributed by atoms with Crippen molar-refractivity contribution in [2.45, 2.75) is 40.7 Å². The van der Waals surface area contributed by atoms with E-state index in [1.807, 2.05) is 20.1 Å². The highest BCUT2D eigenvalue weighted by atomic mass is 35.5. The minimum Gasteiger partial charge on any atom is -0.506 e. The molecule has 164 valence electrons. The van der Waals surface area contributed by atoms with Gasteiger partial charge in [-0.3, -0.25) is 9.98 Å². The molecule has 7 heteroatoms. The van der Waals surface area contributed by atoms with Gasteiger partial charge in [0.25, 0.3) is 0 Å². The number of nitrogens with zero attached hydrogens (tertiary/aromatic N) is 3. The first-order valence-electron chi connectivity index (χ1n) is 10.0. The van der Waals surface area contributed by atoms with E-state index in [4.69, 9.17) is 16.6 Å². The van der Waals surface area contributed by atoms with Gasteiger partial charge in [0.15, 0.2) is 5.82 Å². The monoisotopic (exact) mass is 442 g/mol. The number of allylic oxidation sites excluding steroid dienone is 1. The Morgan fingerprint density at radius 2 is 2.03 bits per heavy atom. The van der Waals surface area contributed by atoms with Crippen LogP contribution in [0.2, 0.25) is 5.02 Å². The normalized spacial score (nSPS) is 13.8. The van der Waals surface area contributed by atoms with E-state index < -0.39 is 5.82 Å². The van der Waals surface area contributed by atoms with E-state index in [2.05, 4.69) is 35.7 Å². The van der Waals surface area contributed by atoms with E-state index in [1.54, 1.807) is 18.3 Å². The van der Waals surface area contributed by atoms with Gasteiger partial charge in [0, 0.05) is 35.3 Å². The van der Waals surface area contributed by atoms with Gasteiger partial charge in [-0.2, -0.15) is 0 Å². The standard InChI is InChI=1S/C24H28ClFN4O/c1-6-16(4)11-28-23(15(2)3)24(29-12-18-7-20(25)10-21(26)8-18)30-17(5)19-9-22(31)14-27-13-19/h7-11,13-14,16,29,31H,2,6,12H2,1,3-5H3/b24-23+,28-11-,30-17+. The summed E-state index contributed by atoms with van der Waals surface area (Å²) in [5.41, 5.74) is 3.28. The Hall–Kier alpha value is -2.99. The van der Waals surface area contributed by atoms with Crippen LogP contribution in [0.5, 0.6) is 5.75 Å². The molecule has 1 atom stereocenters. The van der Waals surface area contributed by atoms with Crippen molar-refractivity contribution in [3.05, 3.63) is 82.3 Å². The third-order valence-electron chi connectivity index (χ3n) is 4.53. The quantitative estimate of drug-likeness (QED) is 0.367. The molecule has 1 aromatic carbocycles. The molecule has 5 nitrogen and oxygen atoms in total. The van der Waals surface area contributed by atoms with Gasteiger partial charge < -0.3 is 10.4 Å². The number of nitrogens with one attached hydrogen (secondary N) is 1. The van der Waals surface area contributed by atoms with Gasteiger partial charge in [0.1, 0.15) is 17.3 Å². The van der Waals surface area contributed by atoms with Gasteiger partial charge in [-0.15, -0.1) is 0 Å². The average molecular weight is 443 g/mol. The molecule has 2 N–H and O–H groups in total. The van der Waals surface area contributed by atoms with Crippen LogP contribution >= 0.6 is 11.6 Å². The zero-order valence-corrected chi connectivity index (χ0v) is 19.0. The van der Waals surface area contributed by atoms with Gasteiger partial charge in [-0.25, -0.2) is 9.38 Å². The number of hydrogen-bond donors (Lipinski definition) is 2. The number of aromatic hydroxyl groups is 1. The largest absolute Gasteiger partial charge is 0.506 e. The third kappa shape index (κ3) is 7.64. The van der Waals surface area contributed by atoms with Crippen molar-refractivity contribution < 1.29 is 9.50 Å². The summed E-state index contributed by atoms with van der Waals surface area (Å²) in [4.78, 5) is 13.3. The number of benzene rings is 1. The highest BCUT2D eigenvalue weighted by Crippen LogP contribution is 2.19. The third-order valence-corrected chi connectivity index (χ3v) is 4.75. The highest BCUT2D eigenvalue weighted by Gasteiger charge is 2.10. The SMILES string of the molecule is C=C(C)C(/N=C\C(C)CC)=C(\N=C(/C)c1cncc(O)c1)NCc1cc(F)cc(Cl)c1. The van der Waals surface area contributed by atoms with Crippen molar-refractivity contribution in [1.82, 2.24) is 10.3 Å².